The fourth-order valence-corrected chi connectivity index (χ4v) is 1.08. The largest absolute Gasteiger partial charge is 0.525 e. The van der Waals surface area contributed by atoms with Crippen LogP contribution in [0.4, 0.5) is 26.3 Å². The second kappa shape index (κ2) is 5.66. The first-order valence-corrected chi connectivity index (χ1v) is 4.88. The molecule has 0 radical (unpaired) electrons. The lowest BCUT2D eigenvalue weighted by Crippen LogP contribution is -2.41. The topological polar surface area (TPSA) is 44.5 Å². The summed E-state index contributed by atoms with van der Waals surface area (Å²) in [6.45, 7) is 0.138. The van der Waals surface area contributed by atoms with Gasteiger partial charge in [0.05, 0.1) is 0 Å². The van der Waals surface area contributed by atoms with E-state index in [0.717, 1.165) is 12.1 Å². The summed E-state index contributed by atoms with van der Waals surface area (Å²) >= 11 is 0. The van der Waals surface area contributed by atoms with Gasteiger partial charge in [0.1, 0.15) is 5.75 Å². The summed E-state index contributed by atoms with van der Waals surface area (Å²) in [7, 11) is 0. The average molecular weight is 289 g/mol. The van der Waals surface area contributed by atoms with Gasteiger partial charge in [-0.3, -0.25) is 0 Å². The Morgan fingerprint density at radius 3 is 2.00 bits per heavy atom. The lowest BCUT2D eigenvalue weighted by Gasteiger charge is -2.22. The first-order valence-electron chi connectivity index (χ1n) is 4.88. The number of hydrogen-bond donors (Lipinski definition) is 1. The zero-order valence-electron chi connectivity index (χ0n) is 9.26. The number of hydrogen-bond acceptors (Lipinski definition) is 3. The maximum Gasteiger partial charge on any atom is 0.525 e. The van der Waals surface area contributed by atoms with Crippen LogP contribution in [0.3, 0.4) is 0 Å². The molecule has 1 rings (SSSR count). The molecule has 0 aliphatic rings. The Morgan fingerprint density at radius 2 is 1.58 bits per heavy atom. The van der Waals surface area contributed by atoms with Gasteiger partial charge in [-0.1, -0.05) is 12.1 Å². The van der Waals surface area contributed by atoms with E-state index >= 15 is 0 Å². The molecule has 1 aromatic rings. The third-order valence-corrected chi connectivity index (χ3v) is 1.91. The maximum atomic E-state index is 13.0. The van der Waals surface area contributed by atoms with Crippen LogP contribution in [0.5, 0.6) is 5.75 Å². The van der Waals surface area contributed by atoms with Crippen LogP contribution in [0.25, 0.3) is 0 Å². The van der Waals surface area contributed by atoms with Crippen LogP contribution < -0.4 is 10.5 Å². The molecule has 1 atom stereocenters. The van der Waals surface area contributed by atoms with Crippen LogP contribution in [0.15, 0.2) is 24.3 Å². The highest BCUT2D eigenvalue weighted by Gasteiger charge is 2.50. The van der Waals surface area contributed by atoms with Gasteiger partial charge >= 0.3 is 18.8 Å². The minimum atomic E-state index is -5.53. The van der Waals surface area contributed by atoms with E-state index in [2.05, 4.69) is 9.47 Å². The molecule has 0 unspecified atom stereocenters. The number of alkyl halides is 6. The fraction of sp³-hybridized carbons (Fsp3) is 0.400. The number of ether oxygens (including phenoxy) is 2. The van der Waals surface area contributed by atoms with Gasteiger partial charge < -0.3 is 10.5 Å². The molecule has 0 bridgehead atoms. The molecule has 0 heterocycles. The quantitative estimate of drug-likeness (QED) is 0.848. The second-order valence-electron chi connectivity index (χ2n) is 3.39. The Hall–Kier alpha value is -1.48. The monoisotopic (exact) mass is 289 g/mol. The molecule has 0 aromatic heterocycles. The van der Waals surface area contributed by atoms with Crippen LogP contribution in [0.2, 0.25) is 0 Å². The zero-order valence-corrected chi connectivity index (χ0v) is 9.26. The minimum absolute atomic E-state index is 0.138. The number of rotatable bonds is 5. The lowest BCUT2D eigenvalue weighted by molar-refractivity contribution is -0.411. The van der Waals surface area contributed by atoms with E-state index in [-0.39, 0.29) is 6.54 Å². The molecule has 0 fully saturated rings. The van der Waals surface area contributed by atoms with Crippen molar-refractivity contribution >= 4 is 0 Å². The van der Waals surface area contributed by atoms with E-state index in [1.54, 1.807) is 0 Å². The Labute approximate surface area is 103 Å². The molecular formula is C10H9F6NO2. The molecular weight excluding hydrogens is 280 g/mol. The summed E-state index contributed by atoms with van der Waals surface area (Å²) in [6.07, 6.45) is -14.3. The van der Waals surface area contributed by atoms with E-state index in [1.807, 2.05) is 0 Å². The highest BCUT2D eigenvalue weighted by molar-refractivity contribution is 5.27. The number of nitrogens with two attached hydrogens (primary N) is 1. The summed E-state index contributed by atoms with van der Waals surface area (Å²) in [6, 6.07) is 4.67. The van der Waals surface area contributed by atoms with Crippen LogP contribution >= 0.6 is 0 Å². The van der Waals surface area contributed by atoms with Gasteiger partial charge in [0.2, 0.25) is 0 Å². The Bertz CT molecular complexity index is 405. The highest BCUT2D eigenvalue weighted by atomic mass is 19.4. The molecule has 0 aliphatic carbocycles. The summed E-state index contributed by atoms with van der Waals surface area (Å²) in [5, 5.41) is 0. The fourth-order valence-electron chi connectivity index (χ4n) is 1.08. The van der Waals surface area contributed by atoms with Crippen LogP contribution in [-0.4, -0.2) is 18.8 Å². The normalized spacial score (nSPS) is 14.3. The van der Waals surface area contributed by atoms with Crippen molar-refractivity contribution in [3.05, 3.63) is 29.8 Å². The Balaban J connectivity index is 2.71. The van der Waals surface area contributed by atoms with Crippen molar-refractivity contribution in [2.75, 3.05) is 0 Å². The third-order valence-electron chi connectivity index (χ3n) is 1.91. The molecule has 0 aliphatic heterocycles. The molecule has 1 aromatic carbocycles. The first-order chi connectivity index (χ1) is 8.64. The van der Waals surface area contributed by atoms with E-state index in [9.17, 15) is 26.3 Å². The molecule has 9 heteroatoms. The smallest absolute Gasteiger partial charge is 0.429 e. The van der Waals surface area contributed by atoms with Crippen LogP contribution in [0.1, 0.15) is 5.56 Å². The molecule has 2 N–H and O–H groups in total. The predicted octanol–water partition coefficient (Wildman–Crippen LogP) is 2.95. The SMILES string of the molecule is NCc1ccc(OC(F)(F)[C@H](F)OC(F)(F)F)cc1. The Morgan fingerprint density at radius 1 is 1.05 bits per heavy atom. The predicted molar refractivity (Wildman–Crippen MR) is 51.9 cm³/mol. The van der Waals surface area contributed by atoms with Gasteiger partial charge in [0.15, 0.2) is 0 Å². The van der Waals surface area contributed by atoms with Crippen LogP contribution in [-0.2, 0) is 11.3 Å². The molecule has 0 saturated heterocycles. The molecule has 0 spiro atoms. The third kappa shape index (κ3) is 4.95. The van der Waals surface area contributed by atoms with Crippen molar-refractivity contribution in [3.8, 4) is 5.75 Å². The standard InChI is InChI=1S/C10H9F6NO2/c11-8(19-10(14,15)16)9(12,13)18-7-3-1-6(5-17)2-4-7/h1-4,8H,5,17H2/t8-/m1/s1. The van der Waals surface area contributed by atoms with E-state index < -0.39 is 24.6 Å². The lowest BCUT2D eigenvalue weighted by atomic mass is 10.2. The summed E-state index contributed by atoms with van der Waals surface area (Å²) in [4.78, 5) is 0. The van der Waals surface area contributed by atoms with E-state index in [0.29, 0.717) is 5.56 Å². The van der Waals surface area contributed by atoms with Gasteiger partial charge in [0.25, 0.3) is 0 Å². The molecule has 0 saturated carbocycles. The number of halogens is 6. The molecule has 19 heavy (non-hydrogen) atoms. The summed E-state index contributed by atoms with van der Waals surface area (Å²) < 4.78 is 79.8. The second-order valence-corrected chi connectivity index (χ2v) is 3.39. The summed E-state index contributed by atoms with van der Waals surface area (Å²) in [5.41, 5.74) is 5.83. The molecule has 0 amide bonds. The van der Waals surface area contributed by atoms with Crippen LogP contribution in [0, 0.1) is 0 Å². The van der Waals surface area contributed by atoms with Crippen molar-refractivity contribution in [1.82, 2.24) is 0 Å². The molecule has 3 nitrogen and oxygen atoms in total. The van der Waals surface area contributed by atoms with Gasteiger partial charge in [-0.2, -0.15) is 8.78 Å². The van der Waals surface area contributed by atoms with Crippen molar-refractivity contribution in [1.29, 1.82) is 0 Å². The highest BCUT2D eigenvalue weighted by Crippen LogP contribution is 2.31. The van der Waals surface area contributed by atoms with Crippen molar-refractivity contribution < 1.29 is 35.8 Å². The van der Waals surface area contributed by atoms with Gasteiger partial charge in [-0.15, -0.1) is 13.2 Å². The van der Waals surface area contributed by atoms with Crippen molar-refractivity contribution in [2.45, 2.75) is 25.4 Å². The van der Waals surface area contributed by atoms with E-state index in [4.69, 9.17) is 5.73 Å². The van der Waals surface area contributed by atoms with Gasteiger partial charge in [0, 0.05) is 6.54 Å². The average Bonchev–Trinajstić information content (AvgIpc) is 2.27. The minimum Gasteiger partial charge on any atom is -0.429 e. The molecule has 108 valence electrons. The van der Waals surface area contributed by atoms with E-state index in [1.165, 1.54) is 12.1 Å². The summed E-state index contributed by atoms with van der Waals surface area (Å²) in [5.74, 6) is -0.518. The number of benzene rings is 1. The maximum absolute atomic E-state index is 13.0. The zero-order chi connectivity index (χ0) is 14.7. The Kier molecular flexibility index (Phi) is 4.64. The van der Waals surface area contributed by atoms with Gasteiger partial charge in [-0.05, 0) is 17.7 Å². The van der Waals surface area contributed by atoms with Crippen molar-refractivity contribution in [2.24, 2.45) is 5.73 Å². The first kappa shape index (κ1) is 15.6. The van der Waals surface area contributed by atoms with Crippen molar-refractivity contribution in [3.63, 3.8) is 0 Å². The van der Waals surface area contributed by atoms with Gasteiger partial charge in [-0.25, -0.2) is 9.13 Å².